The third kappa shape index (κ3) is 1.60. The van der Waals surface area contributed by atoms with E-state index in [0.717, 1.165) is 0 Å². The van der Waals surface area contributed by atoms with Crippen molar-refractivity contribution in [2.24, 2.45) is 0 Å². The van der Waals surface area contributed by atoms with Crippen LogP contribution in [0.1, 0.15) is 0 Å². The van der Waals surface area contributed by atoms with Crippen molar-refractivity contribution in [3.8, 4) is 0 Å². The van der Waals surface area contributed by atoms with Gasteiger partial charge >= 0.3 is 0 Å². The van der Waals surface area contributed by atoms with Crippen molar-refractivity contribution in [3.05, 3.63) is 0 Å². The van der Waals surface area contributed by atoms with Gasteiger partial charge in [-0.05, 0) is 12.2 Å². The fourth-order valence-corrected chi connectivity index (χ4v) is 2.19. The van der Waals surface area contributed by atoms with Crippen LogP contribution in [0.15, 0.2) is 0 Å². The van der Waals surface area contributed by atoms with E-state index in [2.05, 4.69) is 5.32 Å². The molecule has 7 heteroatoms. The molecule has 4 N–H and O–H groups in total. The summed E-state index contributed by atoms with van der Waals surface area (Å²) in [6, 6.07) is -0.444. The van der Waals surface area contributed by atoms with Crippen molar-refractivity contribution in [2.75, 3.05) is 13.7 Å². The van der Waals surface area contributed by atoms with Crippen LogP contribution in [0.2, 0.25) is 0 Å². The number of aliphatic hydroxyl groups excluding tert-OH is 3. The van der Waals surface area contributed by atoms with Crippen LogP contribution in [0.3, 0.4) is 0 Å². The van der Waals surface area contributed by atoms with Crippen LogP contribution < -0.4 is 5.32 Å². The first-order valence-corrected chi connectivity index (χ1v) is 5.13. The second kappa shape index (κ2) is 3.84. The summed E-state index contributed by atoms with van der Waals surface area (Å²) in [6.45, 7) is -0.331. The standard InChI is InChI=1S/C8H14N2O4S/c1-10-7-4(9-8(10)15)6(13)5(12)3(2-11)14-7/h3-7,11-13H,2H2,1H3,(H,9,15)/t3-,4-,5+,6-,7+/m0/s1. The molecule has 2 heterocycles. The highest BCUT2D eigenvalue weighted by atomic mass is 32.1. The maximum atomic E-state index is 9.80. The van der Waals surface area contributed by atoms with Crippen LogP contribution in [0, 0.1) is 0 Å². The lowest BCUT2D eigenvalue weighted by atomic mass is 9.97. The number of fused-ring (bicyclic) bond motifs is 1. The summed E-state index contributed by atoms with van der Waals surface area (Å²) in [4.78, 5) is 1.66. The number of hydrogen-bond acceptors (Lipinski definition) is 5. The van der Waals surface area contributed by atoms with E-state index in [0.29, 0.717) is 5.11 Å². The van der Waals surface area contributed by atoms with Crippen LogP contribution in [0.25, 0.3) is 0 Å². The Kier molecular flexibility index (Phi) is 2.82. The zero-order valence-electron chi connectivity index (χ0n) is 8.20. The number of aliphatic hydroxyl groups is 3. The quantitative estimate of drug-likeness (QED) is 0.377. The van der Waals surface area contributed by atoms with Crippen LogP contribution in [0.4, 0.5) is 0 Å². The van der Waals surface area contributed by atoms with Gasteiger partial charge in [0, 0.05) is 7.05 Å². The molecule has 2 fully saturated rings. The summed E-state index contributed by atoms with van der Waals surface area (Å²) in [5.74, 6) is 0. The Morgan fingerprint density at radius 3 is 2.73 bits per heavy atom. The molecule has 0 aliphatic carbocycles. The normalized spacial score (nSPS) is 45.2. The Morgan fingerprint density at radius 2 is 2.13 bits per heavy atom. The molecule has 2 rings (SSSR count). The summed E-state index contributed by atoms with van der Waals surface area (Å²) in [5, 5.41) is 31.7. The van der Waals surface area contributed by atoms with Crippen molar-refractivity contribution in [1.82, 2.24) is 10.2 Å². The maximum Gasteiger partial charge on any atom is 0.171 e. The summed E-state index contributed by atoms with van der Waals surface area (Å²) >= 11 is 5.00. The van der Waals surface area contributed by atoms with Crippen LogP contribution in [0.5, 0.6) is 0 Å². The van der Waals surface area contributed by atoms with Gasteiger partial charge in [0.2, 0.25) is 0 Å². The molecule has 0 amide bonds. The maximum absolute atomic E-state index is 9.80. The van der Waals surface area contributed by atoms with Crippen molar-refractivity contribution >= 4 is 17.3 Å². The zero-order chi connectivity index (χ0) is 11.2. The molecular formula is C8H14N2O4S. The predicted octanol–water partition coefficient (Wildman–Crippen LogP) is -2.39. The van der Waals surface area contributed by atoms with E-state index in [1.165, 1.54) is 0 Å². The molecule has 0 aromatic rings. The Morgan fingerprint density at radius 1 is 1.47 bits per heavy atom. The van der Waals surface area contributed by atoms with Crippen molar-refractivity contribution in [1.29, 1.82) is 0 Å². The number of thiocarbonyl (C=S) groups is 1. The minimum absolute atomic E-state index is 0.331. The summed E-state index contributed by atoms with van der Waals surface area (Å²) in [5.41, 5.74) is 0. The van der Waals surface area contributed by atoms with Crippen LogP contribution in [-0.4, -0.2) is 69.6 Å². The molecule has 2 aliphatic rings. The number of nitrogens with zero attached hydrogens (tertiary/aromatic N) is 1. The number of rotatable bonds is 1. The molecule has 0 unspecified atom stereocenters. The van der Waals surface area contributed by atoms with E-state index in [9.17, 15) is 10.2 Å². The highest BCUT2D eigenvalue weighted by Crippen LogP contribution is 2.26. The molecule has 2 saturated heterocycles. The fourth-order valence-electron chi connectivity index (χ4n) is 1.95. The Hall–Kier alpha value is -0.470. The third-order valence-corrected chi connectivity index (χ3v) is 3.30. The average molecular weight is 234 g/mol. The molecule has 2 aliphatic heterocycles. The lowest BCUT2D eigenvalue weighted by molar-refractivity contribution is -0.207. The SMILES string of the molecule is CN1C(=S)N[C@H]2[C@H](O)[C@H](O)[C@H](CO)O[C@H]21. The van der Waals surface area contributed by atoms with Gasteiger partial charge < -0.3 is 30.3 Å². The van der Waals surface area contributed by atoms with E-state index in [1.807, 2.05) is 0 Å². The van der Waals surface area contributed by atoms with Gasteiger partial charge in [-0.25, -0.2) is 0 Å². The monoisotopic (exact) mass is 234 g/mol. The number of nitrogens with one attached hydrogen (secondary N) is 1. The summed E-state index contributed by atoms with van der Waals surface area (Å²) in [6.07, 6.45) is -3.30. The molecule has 0 aromatic carbocycles. The molecule has 0 aromatic heterocycles. The topological polar surface area (TPSA) is 85.2 Å². The second-order valence-corrected chi connectivity index (χ2v) is 4.20. The largest absolute Gasteiger partial charge is 0.394 e. The number of likely N-dealkylation sites (N-methyl/N-ethyl adjacent to an activating group) is 1. The van der Waals surface area contributed by atoms with E-state index in [-0.39, 0.29) is 6.61 Å². The molecule has 15 heavy (non-hydrogen) atoms. The Labute approximate surface area is 92.4 Å². The van der Waals surface area contributed by atoms with Gasteiger partial charge in [0.25, 0.3) is 0 Å². The molecule has 0 spiro atoms. The first-order chi connectivity index (χ1) is 7.06. The van der Waals surface area contributed by atoms with E-state index in [4.69, 9.17) is 22.1 Å². The lowest BCUT2D eigenvalue weighted by Crippen LogP contribution is -2.61. The van der Waals surface area contributed by atoms with Gasteiger partial charge in [-0.2, -0.15) is 0 Å². The van der Waals surface area contributed by atoms with Gasteiger partial charge in [0.15, 0.2) is 11.3 Å². The number of hydrogen-bond donors (Lipinski definition) is 4. The van der Waals surface area contributed by atoms with Crippen LogP contribution in [-0.2, 0) is 4.74 Å². The Balaban J connectivity index is 2.19. The average Bonchev–Trinajstić information content (AvgIpc) is 2.50. The first kappa shape index (κ1) is 11.0. The van der Waals surface area contributed by atoms with Crippen molar-refractivity contribution in [3.63, 3.8) is 0 Å². The van der Waals surface area contributed by atoms with Gasteiger partial charge in [-0.3, -0.25) is 0 Å². The van der Waals surface area contributed by atoms with Crippen molar-refractivity contribution < 1.29 is 20.1 Å². The summed E-state index contributed by atoms with van der Waals surface area (Å²) < 4.78 is 5.44. The second-order valence-electron chi connectivity index (χ2n) is 3.82. The van der Waals surface area contributed by atoms with Gasteiger partial charge in [-0.15, -0.1) is 0 Å². The highest BCUT2D eigenvalue weighted by molar-refractivity contribution is 7.80. The first-order valence-electron chi connectivity index (χ1n) is 4.72. The van der Waals surface area contributed by atoms with E-state index in [1.54, 1.807) is 11.9 Å². The minimum Gasteiger partial charge on any atom is -0.394 e. The molecule has 0 bridgehead atoms. The minimum atomic E-state index is -1.10. The molecule has 86 valence electrons. The van der Waals surface area contributed by atoms with Gasteiger partial charge in [0.05, 0.1) is 6.61 Å². The van der Waals surface area contributed by atoms with Gasteiger partial charge in [0.1, 0.15) is 24.4 Å². The molecular weight excluding hydrogens is 220 g/mol. The molecule has 5 atom stereocenters. The Bertz CT molecular complexity index is 277. The predicted molar refractivity (Wildman–Crippen MR) is 55.0 cm³/mol. The summed E-state index contributed by atoms with van der Waals surface area (Å²) in [7, 11) is 1.73. The fraction of sp³-hybridized carbons (Fsp3) is 0.875. The highest BCUT2D eigenvalue weighted by Gasteiger charge is 2.50. The van der Waals surface area contributed by atoms with E-state index >= 15 is 0 Å². The molecule has 0 saturated carbocycles. The number of ether oxygens (including phenoxy) is 1. The van der Waals surface area contributed by atoms with Crippen LogP contribution >= 0.6 is 12.2 Å². The molecule has 0 radical (unpaired) electrons. The molecule has 6 nitrogen and oxygen atoms in total. The van der Waals surface area contributed by atoms with Gasteiger partial charge in [-0.1, -0.05) is 0 Å². The zero-order valence-corrected chi connectivity index (χ0v) is 9.02. The van der Waals surface area contributed by atoms with Crippen molar-refractivity contribution in [2.45, 2.75) is 30.6 Å². The van der Waals surface area contributed by atoms with E-state index < -0.39 is 30.6 Å². The lowest BCUT2D eigenvalue weighted by Gasteiger charge is -2.39. The smallest absolute Gasteiger partial charge is 0.171 e. The third-order valence-electron chi connectivity index (χ3n) is 2.89.